The maximum atomic E-state index is 5.70. The van der Waals surface area contributed by atoms with Crippen LogP contribution in [0.4, 0.5) is 5.69 Å². The summed E-state index contributed by atoms with van der Waals surface area (Å²) in [5, 5.41) is 4.53. The molecule has 0 aliphatic carbocycles. The van der Waals surface area contributed by atoms with Crippen LogP contribution in [0.5, 0.6) is 0 Å². The quantitative estimate of drug-likeness (QED) is 0.569. The number of rotatable bonds is 2. The van der Waals surface area contributed by atoms with Crippen molar-refractivity contribution in [3.63, 3.8) is 0 Å². The molecule has 3 heterocycles. The van der Waals surface area contributed by atoms with Gasteiger partial charge in [-0.2, -0.15) is 0 Å². The molecule has 6 heteroatoms. The average Bonchev–Trinajstić information content (AvgIpc) is 3.16. The zero-order valence-corrected chi connectivity index (χ0v) is 11.1. The molecule has 0 aliphatic rings. The number of anilines is 1. The second-order valence-electron chi connectivity index (χ2n) is 4.67. The molecule has 4 aromatic rings. The first-order valence-corrected chi connectivity index (χ1v) is 6.51. The second kappa shape index (κ2) is 4.45. The Morgan fingerprint density at radius 2 is 1.81 bits per heavy atom. The first-order chi connectivity index (χ1) is 10.3. The van der Waals surface area contributed by atoms with Crippen LogP contribution in [0.25, 0.3) is 22.9 Å². The lowest BCUT2D eigenvalue weighted by molar-refractivity contribution is 0.830. The normalized spacial score (nSPS) is 11.0. The van der Waals surface area contributed by atoms with E-state index >= 15 is 0 Å². The fourth-order valence-corrected chi connectivity index (χ4v) is 2.26. The molecule has 0 radical (unpaired) electrons. The van der Waals surface area contributed by atoms with Gasteiger partial charge in [-0.05, 0) is 36.4 Å². The van der Waals surface area contributed by atoms with Crippen molar-refractivity contribution in [1.29, 1.82) is 0 Å². The third-order valence-electron chi connectivity index (χ3n) is 3.30. The minimum absolute atomic E-state index is 0.659. The summed E-state index contributed by atoms with van der Waals surface area (Å²) >= 11 is 0. The molecule has 6 nitrogen and oxygen atoms in total. The van der Waals surface area contributed by atoms with E-state index in [1.54, 1.807) is 17.2 Å². The van der Waals surface area contributed by atoms with Gasteiger partial charge in [0.25, 0.3) is 0 Å². The van der Waals surface area contributed by atoms with Crippen molar-refractivity contribution in [3.8, 4) is 17.2 Å². The number of nitrogen functional groups attached to an aromatic ring is 1. The molecular formula is C15H12N6. The van der Waals surface area contributed by atoms with Crippen LogP contribution in [0.2, 0.25) is 0 Å². The summed E-state index contributed by atoms with van der Waals surface area (Å²) < 4.78 is 3.70. The molecule has 21 heavy (non-hydrogen) atoms. The molecule has 2 N–H and O–H groups in total. The van der Waals surface area contributed by atoms with Crippen LogP contribution in [-0.2, 0) is 0 Å². The fraction of sp³-hybridized carbons (Fsp3) is 0. The van der Waals surface area contributed by atoms with Gasteiger partial charge in [0.15, 0.2) is 5.82 Å². The predicted molar refractivity (Wildman–Crippen MR) is 80.0 cm³/mol. The van der Waals surface area contributed by atoms with Crippen molar-refractivity contribution in [2.45, 2.75) is 0 Å². The van der Waals surface area contributed by atoms with Gasteiger partial charge in [-0.25, -0.2) is 14.6 Å². The van der Waals surface area contributed by atoms with Gasteiger partial charge in [-0.15, -0.1) is 5.10 Å². The van der Waals surface area contributed by atoms with Crippen LogP contribution in [-0.4, -0.2) is 24.1 Å². The number of hydrogen-bond donors (Lipinski definition) is 1. The van der Waals surface area contributed by atoms with Crippen LogP contribution >= 0.6 is 0 Å². The van der Waals surface area contributed by atoms with Gasteiger partial charge < -0.3 is 5.73 Å². The van der Waals surface area contributed by atoms with E-state index < -0.39 is 0 Å². The molecule has 1 aromatic carbocycles. The van der Waals surface area contributed by atoms with E-state index in [9.17, 15) is 0 Å². The Kier molecular flexibility index (Phi) is 2.47. The van der Waals surface area contributed by atoms with Crippen molar-refractivity contribution < 1.29 is 0 Å². The van der Waals surface area contributed by atoms with Crippen LogP contribution in [0.15, 0.2) is 61.2 Å². The van der Waals surface area contributed by atoms with E-state index in [0.717, 1.165) is 22.7 Å². The van der Waals surface area contributed by atoms with Crippen LogP contribution in [0.3, 0.4) is 0 Å². The molecular weight excluding hydrogens is 264 g/mol. The molecule has 0 amide bonds. The van der Waals surface area contributed by atoms with Crippen molar-refractivity contribution in [2.24, 2.45) is 0 Å². The molecule has 0 saturated heterocycles. The lowest BCUT2D eigenvalue weighted by atomic mass is 10.2. The second-order valence-corrected chi connectivity index (χ2v) is 4.67. The molecule has 0 fully saturated rings. The lowest BCUT2D eigenvalue weighted by Crippen LogP contribution is -2.01. The molecule has 0 aliphatic heterocycles. The van der Waals surface area contributed by atoms with Gasteiger partial charge in [0.1, 0.15) is 17.8 Å². The van der Waals surface area contributed by atoms with E-state index in [2.05, 4.69) is 15.1 Å². The summed E-state index contributed by atoms with van der Waals surface area (Å²) in [5.41, 5.74) is 8.22. The SMILES string of the molecule is Nc1ccc(-c2ncn(-c3cccc4nccn34)n2)cc1. The Labute approximate surface area is 120 Å². The van der Waals surface area contributed by atoms with Gasteiger partial charge in [0.05, 0.1) is 0 Å². The molecule has 102 valence electrons. The van der Waals surface area contributed by atoms with E-state index in [1.807, 2.05) is 53.1 Å². The first kappa shape index (κ1) is 11.7. The van der Waals surface area contributed by atoms with E-state index in [-0.39, 0.29) is 0 Å². The number of nitrogens with two attached hydrogens (primary N) is 1. The molecule has 0 bridgehead atoms. The third-order valence-corrected chi connectivity index (χ3v) is 3.30. The lowest BCUT2D eigenvalue weighted by Gasteiger charge is -2.03. The predicted octanol–water partition coefficient (Wildman–Crippen LogP) is 2.16. The fourth-order valence-electron chi connectivity index (χ4n) is 2.26. The summed E-state index contributed by atoms with van der Waals surface area (Å²) in [4.78, 5) is 8.63. The van der Waals surface area contributed by atoms with Crippen molar-refractivity contribution in [2.75, 3.05) is 5.73 Å². The van der Waals surface area contributed by atoms with Crippen LogP contribution in [0, 0.1) is 0 Å². The van der Waals surface area contributed by atoms with Gasteiger partial charge in [-0.1, -0.05) is 6.07 Å². The first-order valence-electron chi connectivity index (χ1n) is 6.51. The maximum absolute atomic E-state index is 5.70. The van der Waals surface area contributed by atoms with Gasteiger partial charge in [0.2, 0.25) is 0 Å². The smallest absolute Gasteiger partial charge is 0.181 e. The maximum Gasteiger partial charge on any atom is 0.181 e. The summed E-state index contributed by atoms with van der Waals surface area (Å²) in [6, 6.07) is 13.4. The highest BCUT2D eigenvalue weighted by Gasteiger charge is 2.08. The van der Waals surface area contributed by atoms with E-state index in [4.69, 9.17) is 5.73 Å². The monoisotopic (exact) mass is 276 g/mol. The Bertz CT molecular complexity index is 903. The summed E-state index contributed by atoms with van der Waals surface area (Å²) in [6.07, 6.45) is 5.35. The molecule has 0 unspecified atom stereocenters. The van der Waals surface area contributed by atoms with Crippen molar-refractivity contribution >= 4 is 11.3 Å². The van der Waals surface area contributed by atoms with Crippen molar-refractivity contribution in [3.05, 3.63) is 61.2 Å². The Morgan fingerprint density at radius 1 is 0.952 bits per heavy atom. The minimum atomic E-state index is 0.659. The van der Waals surface area contributed by atoms with Crippen molar-refractivity contribution in [1.82, 2.24) is 24.1 Å². The Balaban J connectivity index is 1.81. The largest absolute Gasteiger partial charge is 0.399 e. The number of imidazole rings is 1. The van der Waals surface area contributed by atoms with Gasteiger partial charge in [-0.3, -0.25) is 4.40 Å². The molecule has 0 atom stereocenters. The highest BCUT2D eigenvalue weighted by atomic mass is 15.4. The summed E-state index contributed by atoms with van der Waals surface area (Å²) in [7, 11) is 0. The van der Waals surface area contributed by atoms with Gasteiger partial charge in [0, 0.05) is 23.6 Å². The third kappa shape index (κ3) is 1.93. The number of pyridine rings is 1. The molecule has 0 spiro atoms. The summed E-state index contributed by atoms with van der Waals surface area (Å²) in [6.45, 7) is 0. The number of nitrogens with zero attached hydrogens (tertiary/aromatic N) is 5. The van der Waals surface area contributed by atoms with E-state index in [1.165, 1.54) is 0 Å². The Morgan fingerprint density at radius 3 is 2.67 bits per heavy atom. The highest BCUT2D eigenvalue weighted by Crippen LogP contribution is 2.17. The zero-order valence-electron chi connectivity index (χ0n) is 11.1. The Hall–Kier alpha value is -3.15. The van der Waals surface area contributed by atoms with E-state index in [0.29, 0.717) is 5.82 Å². The number of fused-ring (bicyclic) bond motifs is 1. The number of benzene rings is 1. The molecule has 3 aromatic heterocycles. The number of aromatic nitrogens is 5. The summed E-state index contributed by atoms with van der Waals surface area (Å²) in [5.74, 6) is 1.55. The van der Waals surface area contributed by atoms with Crippen LogP contribution in [0.1, 0.15) is 0 Å². The molecule has 0 saturated carbocycles. The highest BCUT2D eigenvalue weighted by molar-refractivity contribution is 5.58. The standard InChI is InChI=1S/C15H12N6/c16-12-6-4-11(5-7-12)15-18-10-21(19-15)14-3-1-2-13-17-8-9-20(13)14/h1-10H,16H2. The zero-order chi connectivity index (χ0) is 14.2. The van der Waals surface area contributed by atoms with Crippen LogP contribution < -0.4 is 5.73 Å². The molecule has 4 rings (SSSR count). The average molecular weight is 276 g/mol. The van der Waals surface area contributed by atoms with Gasteiger partial charge >= 0.3 is 0 Å². The number of hydrogen-bond acceptors (Lipinski definition) is 4. The topological polar surface area (TPSA) is 74.0 Å². The minimum Gasteiger partial charge on any atom is -0.399 e.